The lowest BCUT2D eigenvalue weighted by Crippen LogP contribution is -2.34. The molecular formula is C18H23ClN4OS. The Hall–Kier alpha value is -1.63. The normalized spacial score (nSPS) is 19.8. The summed E-state index contributed by atoms with van der Waals surface area (Å²) in [5.74, 6) is 0.111. The van der Waals surface area contributed by atoms with Crippen molar-refractivity contribution in [1.29, 1.82) is 0 Å². The third-order valence-electron chi connectivity index (χ3n) is 4.29. The maximum absolute atomic E-state index is 12.4. The lowest BCUT2D eigenvalue weighted by Gasteiger charge is -2.26. The van der Waals surface area contributed by atoms with Gasteiger partial charge in [-0.3, -0.25) is 4.79 Å². The predicted octanol–water partition coefficient (Wildman–Crippen LogP) is 3.81. The SMILES string of the molecule is Cc1cc(Sc2ncccn2)ccc1NC(=O)C1CCCC(N)C1.Cl. The molecule has 0 spiro atoms. The van der Waals surface area contributed by atoms with Crippen molar-refractivity contribution in [3.05, 3.63) is 42.2 Å². The van der Waals surface area contributed by atoms with Gasteiger partial charge < -0.3 is 11.1 Å². The second-order valence-corrected chi connectivity index (χ2v) is 7.26. The number of benzene rings is 1. The molecule has 1 fully saturated rings. The molecule has 1 aliphatic rings. The molecule has 0 radical (unpaired) electrons. The zero-order chi connectivity index (χ0) is 16.9. The summed E-state index contributed by atoms with van der Waals surface area (Å²) >= 11 is 1.51. The second-order valence-electron chi connectivity index (χ2n) is 6.22. The highest BCUT2D eigenvalue weighted by Crippen LogP contribution is 2.29. The fourth-order valence-electron chi connectivity index (χ4n) is 2.98. The van der Waals surface area contributed by atoms with Crippen molar-refractivity contribution in [2.45, 2.75) is 48.7 Å². The molecule has 0 aliphatic heterocycles. The smallest absolute Gasteiger partial charge is 0.227 e. The van der Waals surface area contributed by atoms with E-state index in [9.17, 15) is 4.79 Å². The number of aryl methyl sites for hydroxylation is 1. The Morgan fingerprint density at radius 3 is 2.72 bits per heavy atom. The van der Waals surface area contributed by atoms with E-state index in [0.717, 1.165) is 41.8 Å². The van der Waals surface area contributed by atoms with Gasteiger partial charge in [-0.15, -0.1) is 12.4 Å². The minimum Gasteiger partial charge on any atom is -0.328 e. The number of carbonyl (C=O) groups excluding carboxylic acids is 1. The van der Waals surface area contributed by atoms with Gasteiger partial charge in [0.25, 0.3) is 0 Å². The maximum atomic E-state index is 12.4. The van der Waals surface area contributed by atoms with E-state index in [-0.39, 0.29) is 30.3 Å². The van der Waals surface area contributed by atoms with Crippen molar-refractivity contribution in [3.8, 4) is 0 Å². The first-order chi connectivity index (χ1) is 11.6. The van der Waals surface area contributed by atoms with E-state index < -0.39 is 0 Å². The van der Waals surface area contributed by atoms with Gasteiger partial charge in [0.15, 0.2) is 5.16 Å². The molecule has 7 heteroatoms. The van der Waals surface area contributed by atoms with Crippen LogP contribution in [0.4, 0.5) is 5.69 Å². The minimum absolute atomic E-state index is 0. The molecule has 1 heterocycles. The summed E-state index contributed by atoms with van der Waals surface area (Å²) < 4.78 is 0. The van der Waals surface area contributed by atoms with Gasteiger partial charge in [-0.05, 0) is 67.8 Å². The monoisotopic (exact) mass is 378 g/mol. The molecule has 1 saturated carbocycles. The first kappa shape index (κ1) is 19.7. The van der Waals surface area contributed by atoms with Gasteiger partial charge in [-0.1, -0.05) is 6.42 Å². The lowest BCUT2D eigenvalue weighted by atomic mass is 9.85. The van der Waals surface area contributed by atoms with E-state index in [0.29, 0.717) is 5.16 Å². The zero-order valence-electron chi connectivity index (χ0n) is 14.1. The zero-order valence-corrected chi connectivity index (χ0v) is 15.8. The van der Waals surface area contributed by atoms with E-state index in [2.05, 4.69) is 15.3 Å². The molecule has 2 atom stereocenters. The molecule has 2 unspecified atom stereocenters. The Morgan fingerprint density at radius 1 is 1.28 bits per heavy atom. The van der Waals surface area contributed by atoms with E-state index in [1.807, 2.05) is 25.1 Å². The van der Waals surface area contributed by atoms with Crippen molar-refractivity contribution in [1.82, 2.24) is 9.97 Å². The number of nitrogens with one attached hydrogen (secondary N) is 1. The molecule has 3 N–H and O–H groups in total. The quantitative estimate of drug-likeness (QED) is 0.790. The molecule has 3 rings (SSSR count). The largest absolute Gasteiger partial charge is 0.328 e. The molecule has 1 aromatic heterocycles. The van der Waals surface area contributed by atoms with Crippen molar-refractivity contribution in [2.24, 2.45) is 11.7 Å². The minimum atomic E-state index is 0. The fraction of sp³-hybridized carbons (Fsp3) is 0.389. The first-order valence-corrected chi connectivity index (χ1v) is 9.05. The summed E-state index contributed by atoms with van der Waals surface area (Å²) in [5, 5.41) is 3.77. The number of anilines is 1. The highest BCUT2D eigenvalue weighted by Gasteiger charge is 2.25. The van der Waals surface area contributed by atoms with Crippen molar-refractivity contribution in [3.63, 3.8) is 0 Å². The number of nitrogens with two attached hydrogens (primary N) is 1. The molecule has 5 nitrogen and oxygen atoms in total. The molecule has 0 bridgehead atoms. The van der Waals surface area contributed by atoms with Crippen molar-refractivity contribution in [2.75, 3.05) is 5.32 Å². The lowest BCUT2D eigenvalue weighted by molar-refractivity contribution is -0.120. The van der Waals surface area contributed by atoms with Crippen LogP contribution in [0.1, 0.15) is 31.2 Å². The van der Waals surface area contributed by atoms with Crippen LogP contribution in [0.2, 0.25) is 0 Å². The summed E-state index contributed by atoms with van der Waals surface area (Å²) in [6.45, 7) is 2.00. The number of aromatic nitrogens is 2. The third-order valence-corrected chi connectivity index (χ3v) is 5.18. The Kier molecular flexibility index (Phi) is 7.23. The van der Waals surface area contributed by atoms with E-state index >= 15 is 0 Å². The topological polar surface area (TPSA) is 80.9 Å². The number of hydrogen-bond donors (Lipinski definition) is 2. The molecule has 25 heavy (non-hydrogen) atoms. The Morgan fingerprint density at radius 2 is 2.04 bits per heavy atom. The van der Waals surface area contributed by atoms with Crippen LogP contribution in [-0.4, -0.2) is 21.9 Å². The highest BCUT2D eigenvalue weighted by atomic mass is 35.5. The first-order valence-electron chi connectivity index (χ1n) is 8.24. The average molecular weight is 379 g/mol. The maximum Gasteiger partial charge on any atom is 0.227 e. The van der Waals surface area contributed by atoms with Gasteiger partial charge in [0.1, 0.15) is 0 Å². The highest BCUT2D eigenvalue weighted by molar-refractivity contribution is 7.99. The van der Waals surface area contributed by atoms with Gasteiger partial charge >= 0.3 is 0 Å². The number of carbonyl (C=O) groups is 1. The van der Waals surface area contributed by atoms with Crippen LogP contribution in [0.25, 0.3) is 0 Å². The van der Waals surface area contributed by atoms with Gasteiger partial charge in [-0.25, -0.2) is 9.97 Å². The van der Waals surface area contributed by atoms with E-state index in [4.69, 9.17) is 5.73 Å². The number of amides is 1. The Balaban J connectivity index is 0.00000225. The van der Waals surface area contributed by atoms with Crippen molar-refractivity contribution < 1.29 is 4.79 Å². The van der Waals surface area contributed by atoms with E-state index in [1.165, 1.54) is 11.8 Å². The predicted molar refractivity (Wildman–Crippen MR) is 103 cm³/mol. The van der Waals surface area contributed by atoms with Gasteiger partial charge in [0, 0.05) is 34.9 Å². The molecule has 134 valence electrons. The molecule has 1 amide bonds. The molecule has 1 aliphatic carbocycles. The molecular weight excluding hydrogens is 356 g/mol. The Labute approximate surface area is 158 Å². The summed E-state index contributed by atoms with van der Waals surface area (Å²) in [6.07, 6.45) is 7.22. The standard InChI is InChI=1S/C18H22N4OS.ClH/c1-12-10-15(24-18-20-8-3-9-21-18)6-7-16(12)22-17(23)13-4-2-5-14(19)11-13;/h3,6-10,13-14H,2,4-5,11,19H2,1H3,(H,22,23);1H. The summed E-state index contributed by atoms with van der Waals surface area (Å²) in [7, 11) is 0. The summed E-state index contributed by atoms with van der Waals surface area (Å²) in [5.41, 5.74) is 7.88. The molecule has 2 aromatic rings. The average Bonchev–Trinajstić information content (AvgIpc) is 2.58. The number of rotatable bonds is 4. The van der Waals surface area contributed by atoms with Crippen LogP contribution in [0.5, 0.6) is 0 Å². The van der Waals surface area contributed by atoms with Crippen LogP contribution in [0.15, 0.2) is 46.7 Å². The number of nitrogens with zero attached hydrogens (tertiary/aromatic N) is 2. The van der Waals surface area contributed by atoms with Gasteiger partial charge in [0.05, 0.1) is 0 Å². The second kappa shape index (κ2) is 9.17. The number of hydrogen-bond acceptors (Lipinski definition) is 5. The van der Waals surface area contributed by atoms with Gasteiger partial charge in [-0.2, -0.15) is 0 Å². The van der Waals surface area contributed by atoms with Crippen LogP contribution in [0.3, 0.4) is 0 Å². The van der Waals surface area contributed by atoms with E-state index in [1.54, 1.807) is 18.5 Å². The van der Waals surface area contributed by atoms with Crippen LogP contribution in [0, 0.1) is 12.8 Å². The molecule has 0 saturated heterocycles. The summed E-state index contributed by atoms with van der Waals surface area (Å²) in [4.78, 5) is 21.9. The van der Waals surface area contributed by atoms with Crippen LogP contribution in [-0.2, 0) is 4.79 Å². The van der Waals surface area contributed by atoms with Gasteiger partial charge in [0.2, 0.25) is 5.91 Å². The van der Waals surface area contributed by atoms with Crippen LogP contribution < -0.4 is 11.1 Å². The third kappa shape index (κ3) is 5.42. The summed E-state index contributed by atoms with van der Waals surface area (Å²) in [6, 6.07) is 7.92. The Bertz CT molecular complexity index is 713. The fourth-order valence-corrected chi connectivity index (χ4v) is 3.79. The molecule has 1 aromatic carbocycles. The van der Waals surface area contributed by atoms with Crippen LogP contribution >= 0.6 is 24.2 Å². The van der Waals surface area contributed by atoms with Crippen molar-refractivity contribution >= 4 is 35.8 Å². The number of halogens is 1.